The molecule has 1 unspecified atom stereocenters. The number of alkyl halides is 3. The highest BCUT2D eigenvalue weighted by molar-refractivity contribution is 5.95. The SMILES string of the molecule is CCc1c(C(=O)N(C)CC(O)CN2CCOCC2)cnn1-c1cccc(C(F)(F)F)c1. The average Bonchev–Trinajstić information content (AvgIpc) is 3.17. The van der Waals surface area contributed by atoms with E-state index >= 15 is 0 Å². The van der Waals surface area contributed by atoms with E-state index in [1.165, 1.54) is 27.9 Å². The monoisotopic (exact) mass is 440 g/mol. The Hall–Kier alpha value is -2.43. The Morgan fingerprint density at radius 1 is 1.32 bits per heavy atom. The number of ether oxygens (including phenoxy) is 1. The van der Waals surface area contributed by atoms with Gasteiger partial charge in [0.2, 0.25) is 0 Å². The van der Waals surface area contributed by atoms with Gasteiger partial charge in [0.05, 0.1) is 48.0 Å². The highest BCUT2D eigenvalue weighted by atomic mass is 19.4. The third-order valence-electron chi connectivity index (χ3n) is 5.26. The van der Waals surface area contributed by atoms with Crippen LogP contribution in [-0.4, -0.2) is 83.1 Å². The van der Waals surface area contributed by atoms with Crippen molar-refractivity contribution in [3.8, 4) is 5.69 Å². The maximum atomic E-state index is 13.1. The molecule has 31 heavy (non-hydrogen) atoms. The van der Waals surface area contributed by atoms with Crippen molar-refractivity contribution in [1.82, 2.24) is 19.6 Å². The van der Waals surface area contributed by atoms with Gasteiger partial charge in [-0.1, -0.05) is 13.0 Å². The maximum Gasteiger partial charge on any atom is 0.416 e. The summed E-state index contributed by atoms with van der Waals surface area (Å²) in [6, 6.07) is 4.84. The predicted molar refractivity (Wildman–Crippen MR) is 108 cm³/mol. The standard InChI is InChI=1S/C21H27F3N4O3/c1-3-19-18(12-25-28(19)16-6-4-5-15(11-16)21(22,23)24)20(30)26(2)13-17(29)14-27-7-9-31-10-8-27/h4-6,11-12,17,29H,3,7-10,13-14H2,1-2H3. The van der Waals surface area contributed by atoms with Crippen molar-refractivity contribution in [3.05, 3.63) is 47.3 Å². The van der Waals surface area contributed by atoms with Gasteiger partial charge in [0, 0.05) is 33.2 Å². The number of β-amino-alcohol motifs (C(OH)–C–C–N with tert-alkyl or cyclic N) is 1. The molecule has 0 saturated carbocycles. The number of carbonyl (C=O) groups excluding carboxylic acids is 1. The molecule has 1 fully saturated rings. The van der Waals surface area contributed by atoms with Crippen LogP contribution < -0.4 is 0 Å². The number of benzene rings is 1. The summed E-state index contributed by atoms with van der Waals surface area (Å²) in [5, 5.41) is 14.6. The first-order valence-electron chi connectivity index (χ1n) is 10.2. The van der Waals surface area contributed by atoms with E-state index in [0.29, 0.717) is 37.4 Å². The summed E-state index contributed by atoms with van der Waals surface area (Å²) < 4.78 is 45.9. The minimum absolute atomic E-state index is 0.133. The Morgan fingerprint density at radius 3 is 2.68 bits per heavy atom. The molecular formula is C21H27F3N4O3. The van der Waals surface area contributed by atoms with Gasteiger partial charge in [-0.25, -0.2) is 4.68 Å². The van der Waals surface area contributed by atoms with Gasteiger partial charge in [0.1, 0.15) is 0 Å². The summed E-state index contributed by atoms with van der Waals surface area (Å²) in [5.41, 5.74) is 0.277. The van der Waals surface area contributed by atoms with Gasteiger partial charge in [0.15, 0.2) is 0 Å². The van der Waals surface area contributed by atoms with Crippen LogP contribution in [0.3, 0.4) is 0 Å². The molecule has 0 radical (unpaired) electrons. The fourth-order valence-electron chi connectivity index (χ4n) is 3.67. The molecule has 1 aromatic carbocycles. The fraction of sp³-hybridized carbons (Fsp3) is 0.524. The molecule has 10 heteroatoms. The van der Waals surface area contributed by atoms with Crippen LogP contribution in [0.5, 0.6) is 0 Å². The van der Waals surface area contributed by atoms with Crippen LogP contribution in [0.4, 0.5) is 13.2 Å². The molecule has 2 heterocycles. The molecule has 0 aliphatic carbocycles. The number of aromatic nitrogens is 2. The van der Waals surface area contributed by atoms with Crippen molar-refractivity contribution < 1.29 is 27.8 Å². The third-order valence-corrected chi connectivity index (χ3v) is 5.26. The first-order chi connectivity index (χ1) is 14.7. The lowest BCUT2D eigenvalue weighted by Gasteiger charge is -2.30. The quantitative estimate of drug-likeness (QED) is 0.715. The topological polar surface area (TPSA) is 70.8 Å². The van der Waals surface area contributed by atoms with E-state index in [0.717, 1.165) is 25.2 Å². The van der Waals surface area contributed by atoms with Gasteiger partial charge in [-0.2, -0.15) is 18.3 Å². The van der Waals surface area contributed by atoms with Crippen LogP contribution >= 0.6 is 0 Å². The van der Waals surface area contributed by atoms with Crippen LogP contribution in [0.1, 0.15) is 28.5 Å². The smallest absolute Gasteiger partial charge is 0.390 e. The molecule has 0 spiro atoms. The van der Waals surface area contributed by atoms with Crippen molar-refractivity contribution in [2.24, 2.45) is 0 Å². The largest absolute Gasteiger partial charge is 0.416 e. The van der Waals surface area contributed by atoms with E-state index in [1.807, 2.05) is 6.92 Å². The molecule has 1 aliphatic heterocycles. The highest BCUT2D eigenvalue weighted by Crippen LogP contribution is 2.30. The van der Waals surface area contributed by atoms with Gasteiger partial charge in [-0.15, -0.1) is 0 Å². The van der Waals surface area contributed by atoms with Gasteiger partial charge in [0.25, 0.3) is 5.91 Å². The molecule has 2 aromatic rings. The van der Waals surface area contributed by atoms with Crippen LogP contribution in [-0.2, 0) is 17.3 Å². The van der Waals surface area contributed by atoms with Gasteiger partial charge >= 0.3 is 6.18 Å². The molecular weight excluding hydrogens is 413 g/mol. The second kappa shape index (κ2) is 9.80. The zero-order valence-electron chi connectivity index (χ0n) is 17.6. The number of carbonyl (C=O) groups is 1. The van der Waals surface area contributed by atoms with Crippen molar-refractivity contribution in [1.29, 1.82) is 0 Å². The normalized spacial score (nSPS) is 16.3. The number of aliphatic hydroxyl groups excluding tert-OH is 1. The Kier molecular flexibility index (Phi) is 7.34. The van der Waals surface area contributed by atoms with E-state index in [9.17, 15) is 23.1 Å². The van der Waals surface area contributed by atoms with Crippen molar-refractivity contribution >= 4 is 5.91 Å². The minimum Gasteiger partial charge on any atom is -0.390 e. The van der Waals surface area contributed by atoms with Crippen LogP contribution in [0, 0.1) is 0 Å². The van der Waals surface area contributed by atoms with E-state index < -0.39 is 17.8 Å². The number of hydrogen-bond acceptors (Lipinski definition) is 5. The Labute approximate surface area is 179 Å². The molecule has 7 nitrogen and oxygen atoms in total. The molecule has 1 amide bonds. The van der Waals surface area contributed by atoms with Crippen molar-refractivity contribution in [2.75, 3.05) is 46.4 Å². The van der Waals surface area contributed by atoms with Crippen LogP contribution in [0.15, 0.2) is 30.5 Å². The molecule has 170 valence electrons. The minimum atomic E-state index is -4.47. The number of likely N-dealkylation sites (N-methyl/N-ethyl adjacent to an activating group) is 1. The number of aliphatic hydroxyl groups is 1. The second-order valence-corrected chi connectivity index (χ2v) is 7.57. The molecule has 0 bridgehead atoms. The Bertz CT molecular complexity index is 894. The van der Waals surface area contributed by atoms with Crippen LogP contribution in [0.25, 0.3) is 5.69 Å². The van der Waals surface area contributed by atoms with Crippen molar-refractivity contribution in [2.45, 2.75) is 25.6 Å². The summed E-state index contributed by atoms with van der Waals surface area (Å²) >= 11 is 0. The first kappa shape index (κ1) is 23.2. The zero-order chi connectivity index (χ0) is 22.6. The number of morpholine rings is 1. The maximum absolute atomic E-state index is 13.1. The Morgan fingerprint density at radius 2 is 2.03 bits per heavy atom. The number of halogens is 3. The zero-order valence-corrected chi connectivity index (χ0v) is 17.6. The number of nitrogens with zero attached hydrogens (tertiary/aromatic N) is 4. The lowest BCUT2D eigenvalue weighted by atomic mass is 10.1. The summed E-state index contributed by atoms with van der Waals surface area (Å²) in [7, 11) is 1.59. The van der Waals surface area contributed by atoms with Gasteiger partial charge in [-0.05, 0) is 24.6 Å². The summed E-state index contributed by atoms with van der Waals surface area (Å²) in [6.45, 7) is 5.09. The van der Waals surface area contributed by atoms with E-state index in [2.05, 4.69) is 10.00 Å². The summed E-state index contributed by atoms with van der Waals surface area (Å²) in [6.07, 6.45) is -3.42. The molecule has 1 aliphatic rings. The predicted octanol–water partition coefficient (Wildman–Crippen LogP) is 2.22. The lowest BCUT2D eigenvalue weighted by molar-refractivity contribution is -0.137. The molecule has 1 saturated heterocycles. The summed E-state index contributed by atoms with van der Waals surface area (Å²) in [5.74, 6) is -0.337. The molecule has 1 atom stereocenters. The number of hydrogen-bond donors (Lipinski definition) is 1. The van der Waals surface area contributed by atoms with E-state index in [-0.39, 0.29) is 18.1 Å². The molecule has 1 aromatic heterocycles. The molecule has 1 N–H and O–H groups in total. The lowest BCUT2D eigenvalue weighted by Crippen LogP contribution is -2.45. The second-order valence-electron chi connectivity index (χ2n) is 7.57. The third kappa shape index (κ3) is 5.63. The molecule has 3 rings (SSSR count). The Balaban J connectivity index is 1.74. The van der Waals surface area contributed by atoms with Crippen LogP contribution in [0.2, 0.25) is 0 Å². The van der Waals surface area contributed by atoms with Gasteiger partial charge < -0.3 is 14.7 Å². The first-order valence-corrected chi connectivity index (χ1v) is 10.2. The number of rotatable bonds is 7. The van der Waals surface area contributed by atoms with E-state index in [1.54, 1.807) is 7.05 Å². The van der Waals surface area contributed by atoms with Crippen molar-refractivity contribution in [3.63, 3.8) is 0 Å². The van der Waals surface area contributed by atoms with E-state index in [4.69, 9.17) is 4.74 Å². The number of amides is 1. The average molecular weight is 440 g/mol. The van der Waals surface area contributed by atoms with Gasteiger partial charge in [-0.3, -0.25) is 9.69 Å². The summed E-state index contributed by atoms with van der Waals surface area (Å²) in [4.78, 5) is 16.5. The highest BCUT2D eigenvalue weighted by Gasteiger charge is 2.31. The fourth-order valence-corrected chi connectivity index (χ4v) is 3.67.